The molecule has 0 aliphatic carbocycles. The number of hydrogen-bond donors (Lipinski definition) is 1. The lowest BCUT2D eigenvalue weighted by Crippen LogP contribution is -2.54. The fourth-order valence-corrected chi connectivity index (χ4v) is 3.50. The first-order valence-electron chi connectivity index (χ1n) is 7.04. The minimum atomic E-state index is -0.997. The molecular formula is C15H17FN2O3. The highest BCUT2D eigenvalue weighted by molar-refractivity contribution is 5.79. The topological polar surface area (TPSA) is 60.9 Å². The summed E-state index contributed by atoms with van der Waals surface area (Å²) in [5, 5.41) is 9.45. The molecule has 2 heterocycles. The van der Waals surface area contributed by atoms with Gasteiger partial charge in [0, 0.05) is 19.5 Å². The lowest BCUT2D eigenvalue weighted by atomic mass is 9.91. The van der Waals surface area contributed by atoms with Gasteiger partial charge in [0.1, 0.15) is 5.82 Å². The average Bonchev–Trinajstić information content (AvgIpc) is 2.80. The van der Waals surface area contributed by atoms with E-state index in [1.165, 1.54) is 17.0 Å². The van der Waals surface area contributed by atoms with Crippen molar-refractivity contribution in [2.75, 3.05) is 13.1 Å². The largest absolute Gasteiger partial charge is 0.465 e. The summed E-state index contributed by atoms with van der Waals surface area (Å²) >= 11 is 0. The molecule has 1 aromatic rings. The van der Waals surface area contributed by atoms with Crippen molar-refractivity contribution < 1.29 is 19.1 Å². The maximum Gasteiger partial charge on any atom is 0.407 e. The van der Waals surface area contributed by atoms with Gasteiger partial charge in [0.05, 0.1) is 12.1 Å². The first-order valence-corrected chi connectivity index (χ1v) is 7.04. The maximum atomic E-state index is 13.3. The summed E-state index contributed by atoms with van der Waals surface area (Å²) < 4.78 is 13.3. The van der Waals surface area contributed by atoms with Crippen molar-refractivity contribution in [3.63, 3.8) is 0 Å². The molecular weight excluding hydrogens is 275 g/mol. The zero-order valence-electron chi connectivity index (χ0n) is 11.8. The molecule has 2 atom stereocenters. The Morgan fingerprint density at radius 2 is 2.14 bits per heavy atom. The Morgan fingerprint density at radius 1 is 1.38 bits per heavy atom. The van der Waals surface area contributed by atoms with E-state index in [4.69, 9.17) is 0 Å². The smallest absolute Gasteiger partial charge is 0.407 e. The SMILES string of the molecule is Cc1cc(F)ccc1[C@H]1[C@@H]2CCC(=O)N2CCN1C(=O)O. The molecule has 0 unspecified atom stereocenters. The molecule has 2 aliphatic rings. The molecule has 1 aromatic carbocycles. The number of hydrogen-bond acceptors (Lipinski definition) is 2. The van der Waals surface area contributed by atoms with Crippen molar-refractivity contribution in [2.24, 2.45) is 0 Å². The third kappa shape index (κ3) is 2.24. The van der Waals surface area contributed by atoms with E-state index in [1.54, 1.807) is 17.9 Å². The molecule has 21 heavy (non-hydrogen) atoms. The summed E-state index contributed by atoms with van der Waals surface area (Å²) in [4.78, 5) is 26.6. The van der Waals surface area contributed by atoms with Gasteiger partial charge in [0.15, 0.2) is 0 Å². The van der Waals surface area contributed by atoms with Crippen LogP contribution in [0.1, 0.15) is 30.0 Å². The maximum absolute atomic E-state index is 13.3. The van der Waals surface area contributed by atoms with E-state index < -0.39 is 12.1 Å². The van der Waals surface area contributed by atoms with Crippen LogP contribution in [0.4, 0.5) is 9.18 Å². The molecule has 3 rings (SSSR count). The average molecular weight is 292 g/mol. The number of benzene rings is 1. The van der Waals surface area contributed by atoms with Crippen molar-refractivity contribution in [1.29, 1.82) is 0 Å². The number of amides is 2. The monoisotopic (exact) mass is 292 g/mol. The highest BCUT2D eigenvalue weighted by Crippen LogP contribution is 2.38. The molecule has 2 amide bonds. The molecule has 0 radical (unpaired) electrons. The van der Waals surface area contributed by atoms with E-state index >= 15 is 0 Å². The van der Waals surface area contributed by atoms with Crippen molar-refractivity contribution >= 4 is 12.0 Å². The highest BCUT2D eigenvalue weighted by atomic mass is 19.1. The second-order valence-electron chi connectivity index (χ2n) is 5.61. The fourth-order valence-electron chi connectivity index (χ4n) is 3.50. The predicted octanol–water partition coefficient (Wildman–Crippen LogP) is 2.16. The van der Waals surface area contributed by atoms with Gasteiger partial charge in [-0.1, -0.05) is 6.07 Å². The van der Waals surface area contributed by atoms with Crippen LogP contribution < -0.4 is 0 Å². The number of rotatable bonds is 1. The van der Waals surface area contributed by atoms with Gasteiger partial charge < -0.3 is 10.0 Å². The van der Waals surface area contributed by atoms with E-state index in [0.29, 0.717) is 31.5 Å². The van der Waals surface area contributed by atoms with E-state index in [1.807, 2.05) is 0 Å². The summed E-state index contributed by atoms with van der Waals surface area (Å²) in [7, 11) is 0. The van der Waals surface area contributed by atoms with Crippen LogP contribution in [0.15, 0.2) is 18.2 Å². The van der Waals surface area contributed by atoms with Crippen LogP contribution in [-0.2, 0) is 4.79 Å². The summed E-state index contributed by atoms with van der Waals surface area (Å²) in [6, 6.07) is 3.83. The Hall–Kier alpha value is -2.11. The Bertz CT molecular complexity index is 605. The number of carboxylic acid groups (broad SMARTS) is 1. The van der Waals surface area contributed by atoms with E-state index in [2.05, 4.69) is 0 Å². The van der Waals surface area contributed by atoms with Gasteiger partial charge >= 0.3 is 6.09 Å². The Balaban J connectivity index is 2.04. The van der Waals surface area contributed by atoms with Crippen LogP contribution in [0, 0.1) is 12.7 Å². The van der Waals surface area contributed by atoms with Crippen molar-refractivity contribution in [2.45, 2.75) is 31.8 Å². The number of nitrogens with zero attached hydrogens (tertiary/aromatic N) is 2. The Labute approximate surface area is 122 Å². The van der Waals surface area contributed by atoms with E-state index in [9.17, 15) is 19.1 Å². The Morgan fingerprint density at radius 3 is 2.81 bits per heavy atom. The van der Waals surface area contributed by atoms with Crippen LogP contribution in [0.2, 0.25) is 0 Å². The third-order valence-corrected chi connectivity index (χ3v) is 4.45. The van der Waals surface area contributed by atoms with Gasteiger partial charge in [-0.15, -0.1) is 0 Å². The molecule has 0 bridgehead atoms. The predicted molar refractivity (Wildman–Crippen MR) is 73.3 cm³/mol. The van der Waals surface area contributed by atoms with Gasteiger partial charge in [-0.25, -0.2) is 9.18 Å². The second-order valence-corrected chi connectivity index (χ2v) is 5.61. The molecule has 0 saturated carbocycles. The van der Waals surface area contributed by atoms with Crippen LogP contribution in [0.25, 0.3) is 0 Å². The van der Waals surface area contributed by atoms with Crippen LogP contribution in [0.3, 0.4) is 0 Å². The molecule has 5 nitrogen and oxygen atoms in total. The molecule has 2 fully saturated rings. The first-order chi connectivity index (χ1) is 9.99. The molecule has 6 heteroatoms. The number of carbonyl (C=O) groups is 2. The van der Waals surface area contributed by atoms with E-state index in [0.717, 1.165) is 5.56 Å². The van der Waals surface area contributed by atoms with Crippen LogP contribution >= 0.6 is 0 Å². The zero-order chi connectivity index (χ0) is 15.1. The molecule has 0 aromatic heterocycles. The minimum Gasteiger partial charge on any atom is -0.465 e. The lowest BCUT2D eigenvalue weighted by molar-refractivity contribution is -0.131. The van der Waals surface area contributed by atoms with Gasteiger partial charge in [-0.05, 0) is 36.6 Å². The fraction of sp³-hybridized carbons (Fsp3) is 0.467. The summed E-state index contributed by atoms with van der Waals surface area (Å²) in [5.41, 5.74) is 1.50. The lowest BCUT2D eigenvalue weighted by Gasteiger charge is -2.44. The normalized spacial score (nSPS) is 25.1. The first kappa shape index (κ1) is 13.9. The standard InChI is InChI=1S/C15H17FN2O3/c1-9-8-10(16)2-3-11(9)14-12-4-5-13(19)17(12)6-7-18(14)15(20)21/h2-3,8,12,14H,4-7H2,1H3,(H,20,21)/t12-,14-/m0/s1. The summed E-state index contributed by atoms with van der Waals surface area (Å²) in [5.74, 6) is -0.261. The van der Waals surface area contributed by atoms with Crippen LogP contribution in [-0.4, -0.2) is 46.0 Å². The highest BCUT2D eigenvalue weighted by Gasteiger charge is 2.45. The van der Waals surface area contributed by atoms with Crippen molar-refractivity contribution in [3.8, 4) is 0 Å². The van der Waals surface area contributed by atoms with Gasteiger partial charge in [-0.2, -0.15) is 0 Å². The number of aryl methyl sites for hydroxylation is 1. The van der Waals surface area contributed by atoms with Gasteiger partial charge in [0.2, 0.25) is 5.91 Å². The third-order valence-electron chi connectivity index (χ3n) is 4.45. The molecule has 2 aliphatic heterocycles. The van der Waals surface area contributed by atoms with Crippen molar-refractivity contribution in [1.82, 2.24) is 9.80 Å². The van der Waals surface area contributed by atoms with Gasteiger partial charge in [0.25, 0.3) is 0 Å². The van der Waals surface area contributed by atoms with E-state index in [-0.39, 0.29) is 17.8 Å². The number of piperazine rings is 1. The molecule has 1 N–H and O–H groups in total. The van der Waals surface area contributed by atoms with Crippen LogP contribution in [0.5, 0.6) is 0 Å². The minimum absolute atomic E-state index is 0.0785. The zero-order valence-corrected chi connectivity index (χ0v) is 11.8. The van der Waals surface area contributed by atoms with Gasteiger partial charge in [-0.3, -0.25) is 9.69 Å². The molecule has 112 valence electrons. The number of carbonyl (C=O) groups excluding carboxylic acids is 1. The summed E-state index contributed by atoms with van der Waals surface area (Å²) in [6.07, 6.45) is 0.0987. The Kier molecular flexibility index (Phi) is 3.31. The molecule has 2 saturated heterocycles. The van der Waals surface area contributed by atoms with Crippen molar-refractivity contribution in [3.05, 3.63) is 35.1 Å². The number of halogens is 1. The quantitative estimate of drug-likeness (QED) is 0.863. The number of fused-ring (bicyclic) bond motifs is 1. The molecule has 0 spiro atoms. The second kappa shape index (κ2) is 5.02. The summed E-state index contributed by atoms with van der Waals surface area (Å²) in [6.45, 7) is 2.50.